The van der Waals surface area contributed by atoms with Crippen LogP contribution in [0.5, 0.6) is 0 Å². The third kappa shape index (κ3) is 3.57. The zero-order valence-electron chi connectivity index (χ0n) is 14.2. The second-order valence-electron chi connectivity index (χ2n) is 6.20. The Morgan fingerprint density at radius 2 is 1.62 bits per heavy atom. The summed E-state index contributed by atoms with van der Waals surface area (Å²) >= 11 is 0. The Balaban J connectivity index is 2.19. The van der Waals surface area contributed by atoms with Gasteiger partial charge in [-0.15, -0.1) is 0 Å². The van der Waals surface area contributed by atoms with Crippen LogP contribution in [0.1, 0.15) is 11.1 Å². The molecule has 8 heteroatoms. The summed E-state index contributed by atoms with van der Waals surface area (Å²) in [5.74, 6) is 0. The van der Waals surface area contributed by atoms with Gasteiger partial charge in [0.15, 0.2) is 0 Å². The molecule has 140 valence electrons. The first kappa shape index (κ1) is 18.7. The highest BCUT2D eigenvalue weighted by Crippen LogP contribution is 2.42. The van der Waals surface area contributed by atoms with Crippen LogP contribution in [-0.2, 0) is 16.0 Å². The van der Waals surface area contributed by atoms with E-state index in [9.17, 15) is 21.6 Å². The van der Waals surface area contributed by atoms with E-state index >= 15 is 0 Å². The minimum atomic E-state index is -4.78. The number of nitrogens with one attached hydrogen (secondary N) is 1. The van der Waals surface area contributed by atoms with Crippen LogP contribution in [0.3, 0.4) is 0 Å². The van der Waals surface area contributed by atoms with Gasteiger partial charge in [-0.2, -0.15) is 13.2 Å². The summed E-state index contributed by atoms with van der Waals surface area (Å²) in [5, 5.41) is 3.08. The van der Waals surface area contributed by atoms with E-state index < -0.39 is 26.5 Å². The van der Waals surface area contributed by atoms with Gasteiger partial charge in [0, 0.05) is 26.2 Å². The molecule has 0 bridgehead atoms. The van der Waals surface area contributed by atoms with E-state index in [2.05, 4.69) is 5.32 Å². The van der Waals surface area contributed by atoms with Crippen molar-refractivity contribution in [3.05, 3.63) is 53.6 Å². The minimum Gasteiger partial charge on any atom is -0.368 e. The van der Waals surface area contributed by atoms with E-state index in [4.69, 9.17) is 0 Å². The van der Waals surface area contributed by atoms with Crippen molar-refractivity contribution in [2.45, 2.75) is 22.9 Å². The maximum Gasteiger partial charge on any atom is 0.419 e. The Bertz CT molecular complexity index is 888. The summed E-state index contributed by atoms with van der Waals surface area (Å²) in [4.78, 5) is 0.726. The van der Waals surface area contributed by atoms with Crippen LogP contribution in [0, 0.1) is 6.92 Å². The zero-order chi connectivity index (χ0) is 18.9. The van der Waals surface area contributed by atoms with E-state index in [1.165, 1.54) is 24.3 Å². The molecule has 2 aromatic carbocycles. The highest BCUT2D eigenvalue weighted by molar-refractivity contribution is 7.91. The molecule has 0 radical (unpaired) electrons. The molecule has 0 unspecified atom stereocenters. The zero-order valence-corrected chi connectivity index (χ0v) is 15.0. The van der Waals surface area contributed by atoms with Gasteiger partial charge in [0.1, 0.15) is 0 Å². The summed E-state index contributed by atoms with van der Waals surface area (Å²) in [6.45, 7) is 3.65. The van der Waals surface area contributed by atoms with Crippen LogP contribution in [0.2, 0.25) is 0 Å². The lowest BCUT2D eigenvalue weighted by atomic mass is 10.1. The fourth-order valence-electron chi connectivity index (χ4n) is 3.04. The largest absolute Gasteiger partial charge is 0.419 e. The molecule has 0 aliphatic carbocycles. The Kier molecular flexibility index (Phi) is 4.98. The maximum absolute atomic E-state index is 13.9. The average molecular weight is 384 g/mol. The molecule has 1 aliphatic heterocycles. The molecule has 1 aliphatic rings. The molecule has 0 saturated carbocycles. The first-order valence-corrected chi connectivity index (χ1v) is 9.67. The van der Waals surface area contributed by atoms with E-state index in [1.54, 1.807) is 24.0 Å². The summed E-state index contributed by atoms with van der Waals surface area (Å²) in [7, 11) is -4.29. The molecule has 26 heavy (non-hydrogen) atoms. The third-order valence-electron chi connectivity index (χ3n) is 4.37. The number of anilines is 1. The second-order valence-corrected chi connectivity index (χ2v) is 8.12. The number of alkyl halides is 3. The molecular weight excluding hydrogens is 365 g/mol. The molecule has 0 atom stereocenters. The van der Waals surface area contributed by atoms with Crippen LogP contribution >= 0.6 is 0 Å². The number of aryl methyl sites for hydroxylation is 1. The van der Waals surface area contributed by atoms with E-state index in [0.29, 0.717) is 26.2 Å². The Morgan fingerprint density at radius 1 is 1.00 bits per heavy atom. The first-order valence-electron chi connectivity index (χ1n) is 8.19. The van der Waals surface area contributed by atoms with E-state index in [-0.39, 0.29) is 10.6 Å². The standard InChI is InChI=1S/C18H19F3N2O2S/c1-13-5-7-14(8-6-13)26(24,25)16-4-2-3-15(17(16)18(19,20)21)23-11-9-22-10-12-23/h2-8,22H,9-12H2,1H3. The van der Waals surface area contributed by atoms with Crippen LogP contribution in [0.4, 0.5) is 18.9 Å². The lowest BCUT2D eigenvalue weighted by molar-refractivity contribution is -0.139. The summed E-state index contributed by atoms with van der Waals surface area (Å²) in [6, 6.07) is 9.55. The molecular formula is C18H19F3N2O2S. The van der Waals surface area contributed by atoms with Crippen molar-refractivity contribution < 1.29 is 21.6 Å². The minimum absolute atomic E-state index is 0.0906. The molecule has 1 saturated heterocycles. The molecule has 1 N–H and O–H groups in total. The topological polar surface area (TPSA) is 49.4 Å². The number of hydrogen-bond acceptors (Lipinski definition) is 4. The molecule has 2 aromatic rings. The van der Waals surface area contributed by atoms with Gasteiger partial charge < -0.3 is 10.2 Å². The van der Waals surface area contributed by atoms with Crippen molar-refractivity contribution in [1.82, 2.24) is 5.32 Å². The second kappa shape index (κ2) is 6.92. The molecule has 1 fully saturated rings. The van der Waals surface area contributed by atoms with Crippen LogP contribution < -0.4 is 10.2 Å². The summed E-state index contributed by atoms with van der Waals surface area (Å²) < 4.78 is 67.4. The predicted octanol–water partition coefficient (Wildman–Crippen LogP) is 3.26. The Labute approximate surface area is 150 Å². The molecule has 1 heterocycles. The molecule has 0 amide bonds. The predicted molar refractivity (Wildman–Crippen MR) is 93.2 cm³/mol. The maximum atomic E-state index is 13.9. The van der Waals surface area contributed by atoms with E-state index in [0.717, 1.165) is 11.6 Å². The van der Waals surface area contributed by atoms with Crippen molar-refractivity contribution in [2.75, 3.05) is 31.1 Å². The van der Waals surface area contributed by atoms with Crippen molar-refractivity contribution in [3.8, 4) is 0 Å². The number of piperazine rings is 1. The van der Waals surface area contributed by atoms with Gasteiger partial charge >= 0.3 is 6.18 Å². The number of sulfone groups is 1. The number of rotatable bonds is 3. The SMILES string of the molecule is Cc1ccc(S(=O)(=O)c2cccc(N3CCNCC3)c2C(F)(F)F)cc1. The smallest absolute Gasteiger partial charge is 0.368 e. The monoisotopic (exact) mass is 384 g/mol. The average Bonchev–Trinajstić information content (AvgIpc) is 2.61. The van der Waals surface area contributed by atoms with Gasteiger partial charge in [0.25, 0.3) is 0 Å². The summed E-state index contributed by atoms with van der Waals surface area (Å²) in [5.41, 5.74) is -0.357. The number of nitrogens with zero attached hydrogens (tertiary/aromatic N) is 1. The number of hydrogen-bond donors (Lipinski definition) is 1. The van der Waals surface area contributed by atoms with Gasteiger partial charge in [-0.1, -0.05) is 23.8 Å². The third-order valence-corrected chi connectivity index (χ3v) is 6.18. The molecule has 4 nitrogen and oxygen atoms in total. The number of benzene rings is 2. The van der Waals surface area contributed by atoms with Gasteiger partial charge in [-0.3, -0.25) is 0 Å². The van der Waals surface area contributed by atoms with E-state index in [1.807, 2.05) is 0 Å². The van der Waals surface area contributed by atoms with Crippen molar-refractivity contribution in [1.29, 1.82) is 0 Å². The number of halogens is 3. The fraction of sp³-hybridized carbons (Fsp3) is 0.333. The Morgan fingerprint density at radius 3 is 2.19 bits per heavy atom. The molecule has 3 rings (SSSR count). The van der Waals surface area contributed by atoms with Crippen LogP contribution in [0.15, 0.2) is 52.3 Å². The first-order chi connectivity index (χ1) is 12.2. The normalized spacial score (nSPS) is 15.9. The van der Waals surface area contributed by atoms with Crippen LogP contribution in [0.25, 0.3) is 0 Å². The quantitative estimate of drug-likeness (QED) is 0.883. The highest BCUT2D eigenvalue weighted by atomic mass is 32.2. The lowest BCUT2D eigenvalue weighted by Gasteiger charge is -2.32. The fourth-order valence-corrected chi connectivity index (χ4v) is 4.54. The lowest BCUT2D eigenvalue weighted by Crippen LogP contribution is -2.44. The molecule has 0 spiro atoms. The molecule has 0 aromatic heterocycles. The van der Waals surface area contributed by atoms with Gasteiger partial charge in [0.05, 0.1) is 21.0 Å². The highest BCUT2D eigenvalue weighted by Gasteiger charge is 2.41. The summed E-state index contributed by atoms with van der Waals surface area (Å²) in [6.07, 6.45) is -4.78. The van der Waals surface area contributed by atoms with Crippen molar-refractivity contribution >= 4 is 15.5 Å². The Hall–Kier alpha value is -2.06. The van der Waals surface area contributed by atoms with Crippen molar-refractivity contribution in [3.63, 3.8) is 0 Å². The van der Waals surface area contributed by atoms with Gasteiger partial charge in [-0.05, 0) is 31.2 Å². The van der Waals surface area contributed by atoms with Gasteiger partial charge in [-0.25, -0.2) is 8.42 Å². The van der Waals surface area contributed by atoms with Gasteiger partial charge in [0.2, 0.25) is 9.84 Å². The van der Waals surface area contributed by atoms with Crippen LogP contribution in [-0.4, -0.2) is 34.6 Å². The van der Waals surface area contributed by atoms with Crippen molar-refractivity contribution in [2.24, 2.45) is 0 Å².